The summed E-state index contributed by atoms with van der Waals surface area (Å²) < 4.78 is 0. The molecule has 0 fully saturated rings. The molecule has 2 aromatic carbocycles. The minimum Gasteiger partial charge on any atom is -0.325 e. The highest BCUT2D eigenvalue weighted by molar-refractivity contribution is 8.15. The Morgan fingerprint density at radius 1 is 1.32 bits per heavy atom. The summed E-state index contributed by atoms with van der Waals surface area (Å²) in [4.78, 5) is 30.6. The maximum absolute atomic E-state index is 12.5. The normalized spacial score (nSPS) is 14.4. The molecule has 1 atom stereocenters. The summed E-state index contributed by atoms with van der Waals surface area (Å²) in [6.07, 6.45) is 0. The Bertz CT molecular complexity index is 998. The van der Waals surface area contributed by atoms with Crippen molar-refractivity contribution in [3.05, 3.63) is 58.6 Å². The molecule has 2 amide bonds. The van der Waals surface area contributed by atoms with Crippen LogP contribution in [0.4, 0.5) is 11.4 Å². The van der Waals surface area contributed by atoms with Gasteiger partial charge in [-0.3, -0.25) is 19.5 Å². The number of nitrogens with zero attached hydrogens (tertiary/aromatic N) is 3. The van der Waals surface area contributed by atoms with Crippen LogP contribution in [0.15, 0.2) is 47.5 Å². The van der Waals surface area contributed by atoms with Crippen molar-refractivity contribution in [1.29, 1.82) is 5.26 Å². The van der Waals surface area contributed by atoms with Crippen molar-refractivity contribution < 1.29 is 9.59 Å². The summed E-state index contributed by atoms with van der Waals surface area (Å²) in [5.74, 6) is -0.380. The lowest BCUT2D eigenvalue weighted by Gasteiger charge is -2.20. The molecule has 2 aromatic rings. The largest absolute Gasteiger partial charge is 0.325 e. The number of benzene rings is 2. The van der Waals surface area contributed by atoms with E-state index in [1.54, 1.807) is 19.1 Å². The highest BCUT2D eigenvalue weighted by atomic mass is 35.5. The summed E-state index contributed by atoms with van der Waals surface area (Å²) in [5.41, 5.74) is 2.66. The summed E-state index contributed by atoms with van der Waals surface area (Å²) in [5, 5.41) is 12.0. The molecule has 3 rings (SSSR count). The van der Waals surface area contributed by atoms with Crippen LogP contribution in [-0.4, -0.2) is 28.8 Å². The monoisotopic (exact) mass is 412 g/mol. The summed E-state index contributed by atoms with van der Waals surface area (Å²) in [6.45, 7) is 3.78. The minimum absolute atomic E-state index is 0.0653. The number of amidine groups is 1. The number of anilines is 2. The van der Waals surface area contributed by atoms with Crippen LogP contribution in [0.3, 0.4) is 0 Å². The van der Waals surface area contributed by atoms with E-state index in [0.29, 0.717) is 16.4 Å². The van der Waals surface area contributed by atoms with Crippen LogP contribution >= 0.6 is 23.4 Å². The van der Waals surface area contributed by atoms with E-state index < -0.39 is 5.25 Å². The zero-order valence-corrected chi connectivity index (χ0v) is 16.8. The first-order chi connectivity index (χ1) is 13.4. The van der Waals surface area contributed by atoms with Crippen molar-refractivity contribution in [2.75, 3.05) is 16.8 Å². The molecular weight excluding hydrogens is 396 g/mol. The number of thioether (sulfide) groups is 1. The van der Waals surface area contributed by atoms with Crippen molar-refractivity contribution in [1.82, 2.24) is 0 Å². The maximum atomic E-state index is 12.5. The number of aliphatic imine (C=N–C) groups is 1. The highest BCUT2D eigenvalue weighted by Gasteiger charge is 2.30. The van der Waals surface area contributed by atoms with Gasteiger partial charge in [0.15, 0.2) is 5.17 Å². The lowest BCUT2D eigenvalue weighted by molar-refractivity contribution is -0.116. The number of nitriles is 1. The van der Waals surface area contributed by atoms with E-state index in [2.05, 4.69) is 10.3 Å². The predicted molar refractivity (Wildman–Crippen MR) is 113 cm³/mol. The van der Waals surface area contributed by atoms with E-state index in [4.69, 9.17) is 16.9 Å². The zero-order chi connectivity index (χ0) is 20.3. The van der Waals surface area contributed by atoms with Gasteiger partial charge < -0.3 is 5.32 Å². The Morgan fingerprint density at radius 2 is 2.04 bits per heavy atom. The van der Waals surface area contributed by atoms with Crippen LogP contribution in [-0.2, 0) is 9.59 Å². The van der Waals surface area contributed by atoms with Crippen molar-refractivity contribution in [3.63, 3.8) is 0 Å². The lowest BCUT2D eigenvalue weighted by atomic mass is 10.2. The summed E-state index contributed by atoms with van der Waals surface area (Å²) in [6, 6.07) is 14.2. The van der Waals surface area contributed by atoms with Gasteiger partial charge in [0, 0.05) is 5.69 Å². The van der Waals surface area contributed by atoms with Crippen LogP contribution in [0.2, 0.25) is 5.02 Å². The third-order valence-corrected chi connectivity index (χ3v) is 5.49. The Hall–Kier alpha value is -2.82. The third-order valence-electron chi connectivity index (χ3n) is 4.09. The molecule has 142 valence electrons. The topological polar surface area (TPSA) is 85.6 Å². The second kappa shape index (κ2) is 8.46. The van der Waals surface area contributed by atoms with Gasteiger partial charge in [0.25, 0.3) is 5.91 Å². The molecule has 0 radical (unpaired) electrons. The Labute approximate surface area is 172 Å². The smallest absolute Gasteiger partial charge is 0.254 e. The Balaban J connectivity index is 1.69. The van der Waals surface area contributed by atoms with Crippen LogP contribution in [0.1, 0.15) is 18.1 Å². The first-order valence-corrected chi connectivity index (χ1v) is 9.76. The van der Waals surface area contributed by atoms with Crippen LogP contribution in [0.5, 0.6) is 0 Å². The van der Waals surface area contributed by atoms with E-state index >= 15 is 0 Å². The molecule has 0 bridgehead atoms. The minimum atomic E-state index is -0.494. The number of aryl methyl sites for hydroxylation is 1. The first kappa shape index (κ1) is 19.9. The average Bonchev–Trinajstić information content (AvgIpc) is 3.03. The first-order valence-electron chi connectivity index (χ1n) is 8.50. The van der Waals surface area contributed by atoms with Gasteiger partial charge in [-0.15, -0.1) is 0 Å². The van der Waals surface area contributed by atoms with Gasteiger partial charge in [-0.1, -0.05) is 41.1 Å². The van der Waals surface area contributed by atoms with Gasteiger partial charge in [0.2, 0.25) is 5.91 Å². The number of halogens is 1. The van der Waals surface area contributed by atoms with Crippen LogP contribution < -0.4 is 10.2 Å². The SMILES string of the molecule is Cc1ccc(N2C(=O)CN=C2S[C@@H](C)C(=O)Nc2ccc(C#N)c(Cl)c2)cc1. The summed E-state index contributed by atoms with van der Waals surface area (Å²) >= 11 is 7.22. The molecule has 1 aliphatic heterocycles. The Kier molecular flexibility index (Phi) is 6.02. The van der Waals surface area contributed by atoms with E-state index in [0.717, 1.165) is 11.3 Å². The molecule has 1 aliphatic rings. The molecule has 0 spiro atoms. The quantitative estimate of drug-likeness (QED) is 0.822. The number of carbonyl (C=O) groups excluding carboxylic acids is 2. The van der Waals surface area contributed by atoms with Gasteiger partial charge >= 0.3 is 0 Å². The molecule has 6 nitrogen and oxygen atoms in total. The molecule has 0 saturated heterocycles. The number of rotatable bonds is 4. The molecule has 0 unspecified atom stereocenters. The molecule has 28 heavy (non-hydrogen) atoms. The number of hydrogen-bond donors (Lipinski definition) is 1. The van der Waals surface area contributed by atoms with Gasteiger partial charge in [-0.05, 0) is 44.2 Å². The second-order valence-corrected chi connectivity index (χ2v) is 7.93. The molecular formula is C20H17ClN4O2S. The van der Waals surface area contributed by atoms with Crippen LogP contribution in [0.25, 0.3) is 0 Å². The van der Waals surface area contributed by atoms with E-state index in [9.17, 15) is 9.59 Å². The third kappa shape index (κ3) is 4.35. The van der Waals surface area contributed by atoms with Crippen molar-refractivity contribution in [3.8, 4) is 6.07 Å². The highest BCUT2D eigenvalue weighted by Crippen LogP contribution is 2.27. The van der Waals surface area contributed by atoms with E-state index in [1.807, 2.05) is 37.3 Å². The van der Waals surface area contributed by atoms with Crippen molar-refractivity contribution >= 4 is 51.7 Å². The van der Waals surface area contributed by atoms with Gasteiger partial charge in [-0.25, -0.2) is 0 Å². The van der Waals surface area contributed by atoms with Crippen molar-refractivity contribution in [2.45, 2.75) is 19.1 Å². The fourth-order valence-electron chi connectivity index (χ4n) is 2.56. The number of nitrogens with one attached hydrogen (secondary N) is 1. The molecule has 0 aliphatic carbocycles. The molecule has 0 aromatic heterocycles. The van der Waals surface area contributed by atoms with Crippen LogP contribution in [0, 0.1) is 18.3 Å². The fraction of sp³-hybridized carbons (Fsp3) is 0.200. The summed E-state index contributed by atoms with van der Waals surface area (Å²) in [7, 11) is 0. The second-order valence-electron chi connectivity index (χ2n) is 6.22. The fourth-order valence-corrected chi connectivity index (χ4v) is 3.72. The molecule has 0 saturated carbocycles. The predicted octanol–water partition coefficient (Wildman–Crippen LogP) is 3.98. The average molecular weight is 413 g/mol. The number of carbonyl (C=O) groups is 2. The van der Waals surface area contributed by atoms with E-state index in [-0.39, 0.29) is 23.4 Å². The maximum Gasteiger partial charge on any atom is 0.254 e. The van der Waals surface area contributed by atoms with Gasteiger partial charge in [-0.2, -0.15) is 5.26 Å². The van der Waals surface area contributed by atoms with Crippen molar-refractivity contribution in [2.24, 2.45) is 4.99 Å². The standard InChI is InChI=1S/C20H17ClN4O2S/c1-12-3-7-16(8-4-12)25-18(26)11-23-20(25)28-13(2)19(27)24-15-6-5-14(10-22)17(21)9-15/h3-9,13H,11H2,1-2H3,(H,24,27)/t13-/m0/s1. The lowest BCUT2D eigenvalue weighted by Crippen LogP contribution is -2.33. The molecule has 8 heteroatoms. The molecule has 1 heterocycles. The number of hydrogen-bond acceptors (Lipinski definition) is 5. The van der Waals surface area contributed by atoms with Gasteiger partial charge in [0.05, 0.1) is 21.5 Å². The Morgan fingerprint density at radius 3 is 2.68 bits per heavy atom. The van der Waals surface area contributed by atoms with Gasteiger partial charge in [0.1, 0.15) is 12.6 Å². The number of amides is 2. The molecule has 1 N–H and O–H groups in total. The zero-order valence-electron chi connectivity index (χ0n) is 15.3. The van der Waals surface area contributed by atoms with E-state index in [1.165, 1.54) is 22.7 Å².